The Morgan fingerprint density at radius 2 is 1.83 bits per heavy atom. The summed E-state index contributed by atoms with van der Waals surface area (Å²) in [6.07, 6.45) is 2.46. The zero-order chi connectivity index (χ0) is 16.8. The van der Waals surface area contributed by atoms with E-state index in [1.54, 1.807) is 18.4 Å². The van der Waals surface area contributed by atoms with E-state index in [9.17, 15) is 9.18 Å². The smallest absolute Gasteiger partial charge is 0.226 e. The predicted molar refractivity (Wildman–Crippen MR) is 88.5 cm³/mol. The first-order chi connectivity index (χ1) is 11.7. The monoisotopic (exact) mass is 324 g/mol. The van der Waals surface area contributed by atoms with Gasteiger partial charge in [-0.15, -0.1) is 0 Å². The number of oxazole rings is 1. The Morgan fingerprint density at radius 1 is 1.08 bits per heavy atom. The minimum absolute atomic E-state index is 0.0800. The lowest BCUT2D eigenvalue weighted by molar-refractivity contribution is -0.121. The summed E-state index contributed by atoms with van der Waals surface area (Å²) in [6.45, 7) is 0.318. The maximum absolute atomic E-state index is 12.8. The molecule has 3 rings (SSSR count). The largest absolute Gasteiger partial charge is 0.444 e. The van der Waals surface area contributed by atoms with Crippen LogP contribution in [-0.4, -0.2) is 10.9 Å². The number of rotatable bonds is 6. The molecular weight excluding hydrogens is 307 g/mol. The number of carbonyl (C=O) groups is 1. The first kappa shape index (κ1) is 15.9. The Bertz CT molecular complexity index is 798. The molecule has 3 aromatic rings. The molecule has 4 nitrogen and oxygen atoms in total. The Labute approximate surface area is 139 Å². The number of aromatic nitrogens is 1. The number of nitrogens with zero attached hydrogens (tertiary/aromatic N) is 1. The minimum Gasteiger partial charge on any atom is -0.444 e. The van der Waals surface area contributed by atoms with Crippen molar-refractivity contribution in [3.8, 4) is 11.5 Å². The van der Waals surface area contributed by atoms with E-state index < -0.39 is 0 Å². The lowest BCUT2D eigenvalue weighted by Gasteiger charge is -2.03. The summed E-state index contributed by atoms with van der Waals surface area (Å²) >= 11 is 0. The summed E-state index contributed by atoms with van der Waals surface area (Å²) in [5.74, 6) is 0.179. The van der Waals surface area contributed by atoms with Crippen molar-refractivity contribution in [3.05, 3.63) is 77.9 Å². The second kappa shape index (κ2) is 7.55. The highest BCUT2D eigenvalue weighted by molar-refractivity contribution is 5.76. The summed E-state index contributed by atoms with van der Waals surface area (Å²) < 4.78 is 18.2. The van der Waals surface area contributed by atoms with Crippen LogP contribution in [-0.2, 0) is 17.8 Å². The summed E-state index contributed by atoms with van der Waals surface area (Å²) in [7, 11) is 0. The van der Waals surface area contributed by atoms with E-state index in [1.165, 1.54) is 12.1 Å². The number of benzene rings is 2. The molecule has 0 unspecified atom stereocenters. The van der Waals surface area contributed by atoms with Gasteiger partial charge in [0.05, 0.1) is 12.2 Å². The highest BCUT2D eigenvalue weighted by Gasteiger charge is 2.08. The van der Waals surface area contributed by atoms with Crippen LogP contribution in [0, 0.1) is 5.82 Å². The van der Waals surface area contributed by atoms with E-state index in [0.29, 0.717) is 31.0 Å². The number of nitrogens with one attached hydrogen (secondary N) is 1. The van der Waals surface area contributed by atoms with Gasteiger partial charge in [-0.1, -0.05) is 30.3 Å². The van der Waals surface area contributed by atoms with E-state index in [0.717, 1.165) is 11.1 Å². The van der Waals surface area contributed by atoms with Crippen LogP contribution in [0.3, 0.4) is 0 Å². The van der Waals surface area contributed by atoms with Gasteiger partial charge in [-0.05, 0) is 36.2 Å². The molecule has 1 heterocycles. The van der Waals surface area contributed by atoms with Crippen LogP contribution >= 0.6 is 0 Å². The van der Waals surface area contributed by atoms with Gasteiger partial charge in [-0.3, -0.25) is 4.79 Å². The number of halogens is 1. The van der Waals surface area contributed by atoms with Gasteiger partial charge in [0.25, 0.3) is 0 Å². The summed E-state index contributed by atoms with van der Waals surface area (Å²) in [5, 5.41) is 2.81. The SMILES string of the molecule is O=C(CCc1ccc(F)cc1)NCc1coc(-c2ccccc2)n1. The molecule has 122 valence electrons. The molecule has 0 atom stereocenters. The van der Waals surface area contributed by atoms with Crippen LogP contribution in [0.25, 0.3) is 11.5 Å². The van der Waals surface area contributed by atoms with Crippen molar-refractivity contribution in [2.75, 3.05) is 0 Å². The van der Waals surface area contributed by atoms with Crippen molar-refractivity contribution in [1.29, 1.82) is 0 Å². The van der Waals surface area contributed by atoms with Crippen LogP contribution in [0.4, 0.5) is 4.39 Å². The van der Waals surface area contributed by atoms with E-state index >= 15 is 0 Å². The molecule has 1 aromatic heterocycles. The van der Waals surface area contributed by atoms with Crippen molar-refractivity contribution in [1.82, 2.24) is 10.3 Å². The third-order valence-electron chi connectivity index (χ3n) is 3.59. The maximum atomic E-state index is 12.8. The highest BCUT2D eigenvalue weighted by Crippen LogP contribution is 2.17. The molecular formula is C19H17FN2O2. The number of carbonyl (C=O) groups excluding carboxylic acids is 1. The number of aryl methyl sites for hydroxylation is 1. The van der Waals surface area contributed by atoms with Gasteiger partial charge in [0.2, 0.25) is 11.8 Å². The lowest BCUT2D eigenvalue weighted by Crippen LogP contribution is -2.23. The molecule has 0 saturated heterocycles. The number of hydrogen-bond acceptors (Lipinski definition) is 3. The van der Waals surface area contributed by atoms with Crippen LogP contribution in [0.2, 0.25) is 0 Å². The molecule has 2 aromatic carbocycles. The average molecular weight is 324 g/mol. The van der Waals surface area contributed by atoms with Gasteiger partial charge in [0.15, 0.2) is 0 Å². The van der Waals surface area contributed by atoms with Crippen molar-refractivity contribution in [2.45, 2.75) is 19.4 Å². The molecule has 0 radical (unpaired) electrons. The predicted octanol–water partition coefficient (Wildman–Crippen LogP) is 3.73. The van der Waals surface area contributed by atoms with E-state index in [4.69, 9.17) is 4.42 Å². The molecule has 0 aliphatic rings. The third-order valence-corrected chi connectivity index (χ3v) is 3.59. The second-order valence-electron chi connectivity index (χ2n) is 5.41. The molecule has 24 heavy (non-hydrogen) atoms. The first-order valence-electron chi connectivity index (χ1n) is 7.72. The number of amides is 1. The van der Waals surface area contributed by atoms with Gasteiger partial charge < -0.3 is 9.73 Å². The molecule has 1 N–H and O–H groups in total. The quantitative estimate of drug-likeness (QED) is 0.751. The van der Waals surface area contributed by atoms with Gasteiger partial charge in [-0.25, -0.2) is 9.37 Å². The molecule has 5 heteroatoms. The average Bonchev–Trinajstić information content (AvgIpc) is 3.09. The summed E-state index contributed by atoms with van der Waals surface area (Å²) in [4.78, 5) is 16.2. The van der Waals surface area contributed by atoms with Crippen molar-refractivity contribution >= 4 is 5.91 Å². The van der Waals surface area contributed by atoms with E-state index in [2.05, 4.69) is 10.3 Å². The molecule has 0 saturated carbocycles. The third kappa shape index (κ3) is 4.29. The van der Waals surface area contributed by atoms with Crippen molar-refractivity contribution in [3.63, 3.8) is 0 Å². The Balaban J connectivity index is 1.48. The molecule has 0 bridgehead atoms. The Morgan fingerprint density at radius 3 is 2.58 bits per heavy atom. The summed E-state index contributed by atoms with van der Waals surface area (Å²) in [6, 6.07) is 15.7. The molecule has 0 aliphatic carbocycles. The van der Waals surface area contributed by atoms with Gasteiger partial charge in [-0.2, -0.15) is 0 Å². The van der Waals surface area contributed by atoms with Crippen molar-refractivity contribution in [2.24, 2.45) is 0 Å². The topological polar surface area (TPSA) is 55.1 Å². The molecule has 0 aliphatic heterocycles. The standard InChI is InChI=1S/C19H17FN2O2/c20-16-9-6-14(7-10-16)8-11-18(23)21-12-17-13-24-19(22-17)15-4-2-1-3-5-15/h1-7,9-10,13H,8,11-12H2,(H,21,23). The van der Waals surface area contributed by atoms with Gasteiger partial charge in [0, 0.05) is 12.0 Å². The lowest BCUT2D eigenvalue weighted by atomic mass is 10.1. The zero-order valence-electron chi connectivity index (χ0n) is 13.0. The normalized spacial score (nSPS) is 10.5. The van der Waals surface area contributed by atoms with Crippen LogP contribution < -0.4 is 5.32 Å². The highest BCUT2D eigenvalue weighted by atomic mass is 19.1. The second-order valence-corrected chi connectivity index (χ2v) is 5.41. The molecule has 0 spiro atoms. The molecule has 0 fully saturated rings. The van der Waals surface area contributed by atoms with Gasteiger partial charge >= 0.3 is 0 Å². The Kier molecular flexibility index (Phi) is 5.01. The van der Waals surface area contributed by atoms with Gasteiger partial charge in [0.1, 0.15) is 12.1 Å². The van der Waals surface area contributed by atoms with Crippen LogP contribution in [0.5, 0.6) is 0 Å². The zero-order valence-corrected chi connectivity index (χ0v) is 13.0. The minimum atomic E-state index is -0.275. The van der Waals surface area contributed by atoms with Crippen LogP contribution in [0.1, 0.15) is 17.7 Å². The Hall–Kier alpha value is -2.95. The fraction of sp³-hybridized carbons (Fsp3) is 0.158. The number of hydrogen-bond donors (Lipinski definition) is 1. The first-order valence-corrected chi connectivity index (χ1v) is 7.72. The fourth-order valence-corrected chi connectivity index (χ4v) is 2.29. The fourth-order valence-electron chi connectivity index (χ4n) is 2.29. The summed E-state index contributed by atoms with van der Waals surface area (Å²) in [5.41, 5.74) is 2.50. The van der Waals surface area contributed by atoms with Crippen molar-refractivity contribution < 1.29 is 13.6 Å². The van der Waals surface area contributed by atoms with E-state index in [1.807, 2.05) is 30.3 Å². The van der Waals surface area contributed by atoms with Crippen LogP contribution in [0.15, 0.2) is 65.3 Å². The molecule has 1 amide bonds. The maximum Gasteiger partial charge on any atom is 0.226 e. The van der Waals surface area contributed by atoms with E-state index in [-0.39, 0.29) is 11.7 Å².